The summed E-state index contributed by atoms with van der Waals surface area (Å²) >= 11 is 0. The normalized spacial score (nSPS) is 47.1. The Kier molecular flexibility index (Phi) is 4.20. The van der Waals surface area contributed by atoms with Gasteiger partial charge in [-0.3, -0.25) is 14.4 Å². The molecule has 0 radical (unpaired) electrons. The van der Waals surface area contributed by atoms with Crippen molar-refractivity contribution >= 4 is 17.5 Å². The fraction of sp³-hybridized carbons (Fsp3) is 0.696. The molecule has 0 aromatic rings. The number of esters is 1. The molecule has 0 amide bonds. The van der Waals surface area contributed by atoms with Crippen LogP contribution in [0.15, 0.2) is 23.8 Å². The number of rotatable bonds is 3. The van der Waals surface area contributed by atoms with Crippen LogP contribution in [0.1, 0.15) is 46.0 Å². The van der Waals surface area contributed by atoms with Crippen LogP contribution in [-0.4, -0.2) is 41.6 Å². The number of allylic oxidation sites excluding steroid dienone is 4. The Morgan fingerprint density at radius 3 is 2.86 bits per heavy atom. The van der Waals surface area contributed by atoms with Crippen LogP contribution in [0.3, 0.4) is 0 Å². The van der Waals surface area contributed by atoms with Crippen LogP contribution in [0.5, 0.6) is 0 Å². The van der Waals surface area contributed by atoms with Crippen LogP contribution in [0.2, 0.25) is 0 Å². The minimum Gasteiger partial charge on any atom is -0.458 e. The maximum atomic E-state index is 12.9. The Bertz CT molecular complexity index is 842. The number of aliphatic hydroxyl groups excluding tert-OH is 1. The van der Waals surface area contributed by atoms with Crippen LogP contribution in [0.4, 0.5) is 0 Å². The Hall–Kier alpha value is -1.79. The van der Waals surface area contributed by atoms with E-state index in [1.54, 1.807) is 12.2 Å². The molecule has 29 heavy (non-hydrogen) atoms. The van der Waals surface area contributed by atoms with Gasteiger partial charge in [-0.2, -0.15) is 0 Å². The van der Waals surface area contributed by atoms with E-state index >= 15 is 0 Å². The lowest BCUT2D eigenvalue weighted by Gasteiger charge is -2.56. The van der Waals surface area contributed by atoms with Gasteiger partial charge in [-0.25, -0.2) is 0 Å². The van der Waals surface area contributed by atoms with Crippen molar-refractivity contribution < 1.29 is 29.0 Å². The van der Waals surface area contributed by atoms with Gasteiger partial charge in [0.25, 0.3) is 0 Å². The molecule has 2 bridgehead atoms. The van der Waals surface area contributed by atoms with Crippen LogP contribution < -0.4 is 0 Å². The van der Waals surface area contributed by atoms with Crippen molar-refractivity contribution in [2.75, 3.05) is 6.61 Å². The number of carbonyl (C=O) groups is 3. The molecule has 1 spiro atoms. The van der Waals surface area contributed by atoms with Gasteiger partial charge >= 0.3 is 5.97 Å². The number of Topliss-reactive ketones (excluding diaryl/α,β-unsaturated/α-hetero) is 1. The van der Waals surface area contributed by atoms with Gasteiger partial charge in [0.2, 0.25) is 0 Å². The zero-order chi connectivity index (χ0) is 20.6. The van der Waals surface area contributed by atoms with Gasteiger partial charge in [-0.15, -0.1) is 0 Å². The third-order valence-electron chi connectivity index (χ3n) is 8.65. The van der Waals surface area contributed by atoms with Gasteiger partial charge in [0.15, 0.2) is 17.9 Å². The van der Waals surface area contributed by atoms with Crippen molar-refractivity contribution in [3.63, 3.8) is 0 Å². The Balaban J connectivity index is 1.49. The molecule has 1 N–H and O–H groups in total. The summed E-state index contributed by atoms with van der Waals surface area (Å²) < 4.78 is 11.1. The maximum Gasteiger partial charge on any atom is 0.303 e. The monoisotopic (exact) mass is 400 g/mol. The first-order valence-electron chi connectivity index (χ1n) is 10.7. The van der Waals surface area contributed by atoms with Crippen LogP contribution in [-0.2, 0) is 23.9 Å². The van der Waals surface area contributed by atoms with E-state index in [9.17, 15) is 19.5 Å². The number of hydrogen-bond acceptors (Lipinski definition) is 6. The smallest absolute Gasteiger partial charge is 0.303 e. The molecule has 1 heterocycles. The second-order valence-electron chi connectivity index (χ2n) is 9.74. The van der Waals surface area contributed by atoms with Gasteiger partial charge in [0, 0.05) is 29.6 Å². The summed E-state index contributed by atoms with van der Waals surface area (Å²) in [5.74, 6) is -0.103. The van der Waals surface area contributed by atoms with E-state index in [2.05, 4.69) is 6.92 Å². The minimum atomic E-state index is -0.970. The third kappa shape index (κ3) is 2.51. The van der Waals surface area contributed by atoms with Crippen molar-refractivity contribution in [1.29, 1.82) is 0 Å². The number of aliphatic hydroxyl groups is 1. The zero-order valence-corrected chi connectivity index (χ0v) is 16.9. The molecule has 1 saturated heterocycles. The largest absolute Gasteiger partial charge is 0.458 e. The molecule has 5 aliphatic rings. The van der Waals surface area contributed by atoms with Crippen molar-refractivity contribution in [3.05, 3.63) is 23.8 Å². The molecule has 8 atom stereocenters. The fourth-order valence-corrected chi connectivity index (χ4v) is 7.60. The van der Waals surface area contributed by atoms with Crippen LogP contribution in [0.25, 0.3) is 0 Å². The van der Waals surface area contributed by atoms with E-state index < -0.39 is 17.7 Å². The van der Waals surface area contributed by atoms with Gasteiger partial charge in [0.1, 0.15) is 6.61 Å². The molecule has 156 valence electrons. The highest BCUT2D eigenvalue weighted by Crippen LogP contribution is 2.70. The Labute approximate surface area is 170 Å². The SMILES string of the molecule is CC(=O)OCC(=O)[C@H]1CC[C@@H]2[C@@H]3CCC4=CC(=O)C=C[C@]4(C)[C@@H]3[C@@H]3C[C@]12[C@@H](O)O3. The molecule has 4 fully saturated rings. The fourth-order valence-electron chi connectivity index (χ4n) is 7.60. The highest BCUT2D eigenvalue weighted by Gasteiger charge is 2.71. The summed E-state index contributed by atoms with van der Waals surface area (Å²) in [5, 5.41) is 11.1. The average molecular weight is 400 g/mol. The summed E-state index contributed by atoms with van der Waals surface area (Å²) in [7, 11) is 0. The van der Waals surface area contributed by atoms with E-state index in [-0.39, 0.29) is 47.4 Å². The van der Waals surface area contributed by atoms with E-state index in [0.717, 1.165) is 19.3 Å². The summed E-state index contributed by atoms with van der Waals surface area (Å²) in [6.07, 6.45) is 8.44. The first-order valence-corrected chi connectivity index (χ1v) is 10.7. The molecule has 1 aliphatic heterocycles. The number of ether oxygens (including phenoxy) is 2. The van der Waals surface area contributed by atoms with Gasteiger partial charge in [-0.05, 0) is 56.1 Å². The van der Waals surface area contributed by atoms with Gasteiger partial charge < -0.3 is 14.6 Å². The zero-order valence-electron chi connectivity index (χ0n) is 16.9. The second-order valence-corrected chi connectivity index (χ2v) is 9.74. The minimum absolute atomic E-state index is 0.0467. The topological polar surface area (TPSA) is 89.9 Å². The second kappa shape index (κ2) is 6.35. The number of hydrogen-bond donors (Lipinski definition) is 1. The number of ketones is 2. The summed E-state index contributed by atoms with van der Waals surface area (Å²) in [5.41, 5.74) is 0.357. The quantitative estimate of drug-likeness (QED) is 0.732. The highest BCUT2D eigenvalue weighted by atomic mass is 16.6. The van der Waals surface area contributed by atoms with E-state index in [1.165, 1.54) is 12.5 Å². The first-order chi connectivity index (χ1) is 13.8. The van der Waals surface area contributed by atoms with Crippen molar-refractivity contribution in [1.82, 2.24) is 0 Å². The lowest BCUT2D eigenvalue weighted by molar-refractivity contribution is -0.163. The van der Waals surface area contributed by atoms with Crippen molar-refractivity contribution in [2.24, 2.45) is 34.5 Å². The van der Waals surface area contributed by atoms with E-state index in [4.69, 9.17) is 9.47 Å². The molecule has 6 nitrogen and oxygen atoms in total. The molecule has 0 aromatic heterocycles. The molecular formula is C23H28O6. The summed E-state index contributed by atoms with van der Waals surface area (Å²) in [6, 6.07) is 0. The molecule has 6 heteroatoms. The van der Waals surface area contributed by atoms with Crippen LogP contribution >= 0.6 is 0 Å². The molecular weight excluding hydrogens is 372 g/mol. The lowest BCUT2D eigenvalue weighted by Crippen LogP contribution is -2.55. The van der Waals surface area contributed by atoms with Crippen LogP contribution in [0, 0.1) is 34.5 Å². The molecule has 5 rings (SSSR count). The predicted molar refractivity (Wildman–Crippen MR) is 102 cm³/mol. The van der Waals surface area contributed by atoms with Gasteiger partial charge in [-0.1, -0.05) is 18.6 Å². The van der Waals surface area contributed by atoms with E-state index in [0.29, 0.717) is 18.8 Å². The Morgan fingerprint density at radius 1 is 1.31 bits per heavy atom. The Morgan fingerprint density at radius 2 is 2.10 bits per heavy atom. The lowest BCUT2D eigenvalue weighted by atomic mass is 9.47. The third-order valence-corrected chi connectivity index (χ3v) is 8.65. The molecule has 4 aliphatic carbocycles. The molecule has 0 unspecified atom stereocenters. The summed E-state index contributed by atoms with van der Waals surface area (Å²) in [4.78, 5) is 36.0. The van der Waals surface area contributed by atoms with E-state index in [1.807, 2.05) is 6.08 Å². The van der Waals surface area contributed by atoms with Crippen molar-refractivity contribution in [2.45, 2.75) is 58.3 Å². The first kappa shape index (κ1) is 19.2. The molecule has 3 saturated carbocycles. The molecule has 0 aromatic carbocycles. The maximum absolute atomic E-state index is 12.9. The average Bonchev–Trinajstić information content (AvgIpc) is 3.19. The number of fused-ring (bicyclic) bond motifs is 6. The standard InChI is InChI=1S/C23H28O6/c1-12(24)28-11-18(26)17-6-5-16-15-4-3-13-9-14(25)7-8-22(13,2)20(15)19-10-23(16,17)21(27)29-19/h7-9,15-17,19-21,27H,3-6,10-11H2,1-2H3/t15-,16+,17+,19-,20-,21-,22-,23+/m0/s1. The van der Waals surface area contributed by atoms with Gasteiger partial charge in [0.05, 0.1) is 6.10 Å². The summed E-state index contributed by atoms with van der Waals surface area (Å²) in [6.45, 7) is 3.27. The predicted octanol–water partition coefficient (Wildman–Crippen LogP) is 2.35. The number of carbonyl (C=O) groups excluding carboxylic acids is 3. The highest BCUT2D eigenvalue weighted by molar-refractivity contribution is 6.01. The van der Waals surface area contributed by atoms with Crippen molar-refractivity contribution in [3.8, 4) is 0 Å².